The summed E-state index contributed by atoms with van der Waals surface area (Å²) < 4.78 is 13.1. The number of halogens is 1. The zero-order valence-electron chi connectivity index (χ0n) is 14.3. The second kappa shape index (κ2) is 9.22. The normalized spacial score (nSPS) is 11.4. The van der Waals surface area contributed by atoms with Gasteiger partial charge in [-0.15, -0.1) is 11.3 Å². The van der Waals surface area contributed by atoms with E-state index in [0.717, 1.165) is 41.7 Å². The lowest BCUT2D eigenvalue weighted by Gasteiger charge is -2.11. The first kappa shape index (κ1) is 18.2. The van der Waals surface area contributed by atoms with Gasteiger partial charge in [0.05, 0.1) is 12.2 Å². The highest BCUT2D eigenvalue weighted by molar-refractivity contribution is 7.13. The molecule has 2 aromatic rings. The number of aliphatic imine (C=N–C) groups is 1. The third kappa shape index (κ3) is 5.81. The van der Waals surface area contributed by atoms with E-state index in [2.05, 4.69) is 20.6 Å². The van der Waals surface area contributed by atoms with Gasteiger partial charge in [-0.25, -0.2) is 9.37 Å². The van der Waals surface area contributed by atoms with Crippen LogP contribution in [0.1, 0.15) is 17.7 Å². The van der Waals surface area contributed by atoms with Gasteiger partial charge in [0, 0.05) is 33.1 Å². The summed E-state index contributed by atoms with van der Waals surface area (Å²) in [6.45, 7) is 1.41. The Labute approximate surface area is 146 Å². The van der Waals surface area contributed by atoms with Gasteiger partial charge in [0.25, 0.3) is 0 Å². The van der Waals surface area contributed by atoms with Crippen molar-refractivity contribution in [2.24, 2.45) is 4.99 Å². The second-order valence-electron chi connectivity index (χ2n) is 5.60. The molecular formula is C17H24FN5S. The highest BCUT2D eigenvalue weighted by Gasteiger charge is 2.04. The lowest BCUT2D eigenvalue weighted by atomic mass is 10.1. The van der Waals surface area contributed by atoms with Crippen LogP contribution in [0.2, 0.25) is 0 Å². The van der Waals surface area contributed by atoms with Crippen molar-refractivity contribution >= 4 is 22.4 Å². The molecule has 0 saturated carbocycles. The summed E-state index contributed by atoms with van der Waals surface area (Å²) >= 11 is 1.62. The molecule has 1 heterocycles. The highest BCUT2D eigenvalue weighted by Crippen LogP contribution is 2.17. The minimum Gasteiger partial charge on any atom is -0.356 e. The summed E-state index contributed by atoms with van der Waals surface area (Å²) in [7, 11) is 5.71. The average Bonchev–Trinajstić information content (AvgIpc) is 3.03. The van der Waals surface area contributed by atoms with Crippen LogP contribution in [0.25, 0.3) is 0 Å². The zero-order valence-corrected chi connectivity index (χ0v) is 15.2. The van der Waals surface area contributed by atoms with Crippen LogP contribution >= 0.6 is 11.3 Å². The number of guanidine groups is 1. The van der Waals surface area contributed by atoms with Gasteiger partial charge >= 0.3 is 0 Å². The third-order valence-electron chi connectivity index (χ3n) is 3.41. The summed E-state index contributed by atoms with van der Waals surface area (Å²) in [5.41, 5.74) is 2.00. The predicted molar refractivity (Wildman–Crippen MR) is 99.4 cm³/mol. The van der Waals surface area contributed by atoms with Gasteiger partial charge in [0.1, 0.15) is 5.82 Å². The molecule has 24 heavy (non-hydrogen) atoms. The second-order valence-corrected chi connectivity index (χ2v) is 6.44. The van der Waals surface area contributed by atoms with Gasteiger partial charge in [-0.05, 0) is 30.5 Å². The lowest BCUT2D eigenvalue weighted by molar-refractivity contribution is 0.624. The fraction of sp³-hybridized carbons (Fsp3) is 0.412. The summed E-state index contributed by atoms with van der Waals surface area (Å²) in [6.07, 6.45) is 1.74. The molecule has 0 aliphatic heterocycles. The Morgan fingerprint density at radius 2 is 2.17 bits per heavy atom. The standard InChI is InChI=1S/C17H24FN5S/c1-19-16(21-11-15-12-24-17(22-15)23(2)3)20-9-5-7-13-6-4-8-14(18)10-13/h4,6,8,10,12H,5,7,9,11H2,1-3H3,(H2,19,20,21). The monoisotopic (exact) mass is 349 g/mol. The highest BCUT2D eigenvalue weighted by atomic mass is 32.1. The fourth-order valence-electron chi connectivity index (χ4n) is 2.17. The number of hydrogen-bond donors (Lipinski definition) is 2. The van der Waals surface area contributed by atoms with Gasteiger partial charge in [0.2, 0.25) is 0 Å². The molecule has 0 fully saturated rings. The van der Waals surface area contributed by atoms with Crippen LogP contribution in [0.15, 0.2) is 34.6 Å². The zero-order chi connectivity index (χ0) is 17.4. The van der Waals surface area contributed by atoms with Crippen molar-refractivity contribution in [3.63, 3.8) is 0 Å². The van der Waals surface area contributed by atoms with E-state index < -0.39 is 0 Å². The smallest absolute Gasteiger partial charge is 0.191 e. The van der Waals surface area contributed by atoms with E-state index in [9.17, 15) is 4.39 Å². The first-order chi connectivity index (χ1) is 11.6. The number of nitrogens with one attached hydrogen (secondary N) is 2. The van der Waals surface area contributed by atoms with E-state index >= 15 is 0 Å². The molecule has 0 spiro atoms. The van der Waals surface area contributed by atoms with E-state index in [1.165, 1.54) is 6.07 Å². The first-order valence-electron chi connectivity index (χ1n) is 7.89. The molecule has 7 heteroatoms. The van der Waals surface area contributed by atoms with Crippen LogP contribution in [0, 0.1) is 5.82 Å². The molecule has 0 atom stereocenters. The van der Waals surface area contributed by atoms with Crippen LogP contribution in [-0.2, 0) is 13.0 Å². The average molecular weight is 349 g/mol. The van der Waals surface area contributed by atoms with Crippen molar-refractivity contribution < 1.29 is 4.39 Å². The molecule has 0 amide bonds. The summed E-state index contributed by atoms with van der Waals surface area (Å²) in [5, 5.41) is 9.55. The maximum atomic E-state index is 13.1. The number of aryl methyl sites for hydroxylation is 1. The minimum atomic E-state index is -0.182. The lowest BCUT2D eigenvalue weighted by Crippen LogP contribution is -2.37. The Hall–Kier alpha value is -2.15. The molecule has 130 valence electrons. The van der Waals surface area contributed by atoms with E-state index in [1.807, 2.05) is 30.4 Å². The molecule has 2 N–H and O–H groups in total. The molecule has 1 aromatic heterocycles. The van der Waals surface area contributed by atoms with Crippen molar-refractivity contribution in [3.8, 4) is 0 Å². The van der Waals surface area contributed by atoms with Gasteiger partial charge in [-0.1, -0.05) is 12.1 Å². The molecule has 0 unspecified atom stereocenters. The summed E-state index contributed by atoms with van der Waals surface area (Å²) in [5.74, 6) is 0.562. The number of hydrogen-bond acceptors (Lipinski definition) is 4. The first-order valence-corrected chi connectivity index (χ1v) is 8.77. The Morgan fingerprint density at radius 3 is 2.83 bits per heavy atom. The maximum Gasteiger partial charge on any atom is 0.191 e. The van der Waals surface area contributed by atoms with Gasteiger partial charge in [0.15, 0.2) is 11.1 Å². The molecule has 2 rings (SSSR count). The fourth-order valence-corrected chi connectivity index (χ4v) is 2.93. The Bertz CT molecular complexity index is 669. The Balaban J connectivity index is 1.70. The van der Waals surface area contributed by atoms with Crippen molar-refractivity contribution in [2.45, 2.75) is 19.4 Å². The van der Waals surface area contributed by atoms with Crippen molar-refractivity contribution in [2.75, 3.05) is 32.6 Å². The van der Waals surface area contributed by atoms with Crippen molar-refractivity contribution in [1.82, 2.24) is 15.6 Å². The quantitative estimate of drug-likeness (QED) is 0.458. The SMILES string of the molecule is CN=C(NCCCc1cccc(F)c1)NCc1csc(N(C)C)n1. The molecule has 5 nitrogen and oxygen atoms in total. The van der Waals surface area contributed by atoms with E-state index in [0.29, 0.717) is 6.54 Å². The molecule has 0 aliphatic rings. The van der Waals surface area contributed by atoms with E-state index in [4.69, 9.17) is 0 Å². The number of rotatable bonds is 7. The summed E-state index contributed by atoms with van der Waals surface area (Å²) in [4.78, 5) is 10.7. The number of aromatic nitrogens is 1. The van der Waals surface area contributed by atoms with Gasteiger partial charge in [-0.3, -0.25) is 4.99 Å². The van der Waals surface area contributed by atoms with Crippen molar-refractivity contribution in [3.05, 3.63) is 46.7 Å². The Morgan fingerprint density at radius 1 is 1.33 bits per heavy atom. The minimum absolute atomic E-state index is 0.182. The third-order valence-corrected chi connectivity index (χ3v) is 4.46. The van der Waals surface area contributed by atoms with Gasteiger partial charge in [-0.2, -0.15) is 0 Å². The summed E-state index contributed by atoms with van der Waals surface area (Å²) in [6, 6.07) is 6.74. The van der Waals surface area contributed by atoms with E-state index in [1.54, 1.807) is 30.5 Å². The van der Waals surface area contributed by atoms with E-state index in [-0.39, 0.29) is 5.82 Å². The number of anilines is 1. The molecule has 0 bridgehead atoms. The molecule has 0 saturated heterocycles. The van der Waals surface area contributed by atoms with Crippen LogP contribution in [0.3, 0.4) is 0 Å². The molecule has 1 aromatic carbocycles. The van der Waals surface area contributed by atoms with Crippen LogP contribution in [0.5, 0.6) is 0 Å². The molecule has 0 aliphatic carbocycles. The van der Waals surface area contributed by atoms with Crippen molar-refractivity contribution in [1.29, 1.82) is 0 Å². The maximum absolute atomic E-state index is 13.1. The van der Waals surface area contributed by atoms with Crippen LogP contribution < -0.4 is 15.5 Å². The number of nitrogens with zero attached hydrogens (tertiary/aromatic N) is 3. The van der Waals surface area contributed by atoms with Crippen LogP contribution in [-0.4, -0.2) is 38.6 Å². The number of thiazole rings is 1. The largest absolute Gasteiger partial charge is 0.356 e. The topological polar surface area (TPSA) is 52.6 Å². The number of benzene rings is 1. The Kier molecular flexibility index (Phi) is 6.99. The van der Waals surface area contributed by atoms with Crippen LogP contribution in [0.4, 0.5) is 9.52 Å². The molecule has 0 radical (unpaired) electrons. The predicted octanol–water partition coefficient (Wildman–Crippen LogP) is 2.65. The molecular weight excluding hydrogens is 325 g/mol. The van der Waals surface area contributed by atoms with Gasteiger partial charge < -0.3 is 15.5 Å².